The summed E-state index contributed by atoms with van der Waals surface area (Å²) < 4.78 is 6.03. The Kier molecular flexibility index (Phi) is 6.30. The van der Waals surface area contributed by atoms with Gasteiger partial charge in [-0.2, -0.15) is 5.26 Å². The van der Waals surface area contributed by atoms with E-state index in [1.165, 1.54) is 4.90 Å². The number of hydrogen-bond donors (Lipinski definition) is 2. The van der Waals surface area contributed by atoms with Gasteiger partial charge in [-0.05, 0) is 56.4 Å². The van der Waals surface area contributed by atoms with Gasteiger partial charge < -0.3 is 20.1 Å². The zero-order chi connectivity index (χ0) is 20.1. The Balaban J connectivity index is 1.52. The topological polar surface area (TPSA) is 88.8 Å². The molecule has 1 aromatic rings. The Morgan fingerprint density at radius 3 is 2.79 bits per heavy atom. The van der Waals surface area contributed by atoms with Crippen molar-refractivity contribution in [3.8, 4) is 11.8 Å². The molecule has 0 unspecified atom stereocenters. The van der Waals surface area contributed by atoms with Gasteiger partial charge in [0, 0.05) is 37.9 Å². The highest BCUT2D eigenvalue weighted by molar-refractivity contribution is 5.65. The van der Waals surface area contributed by atoms with Gasteiger partial charge in [-0.25, -0.2) is 4.79 Å². The number of aryl methyl sites for hydroxylation is 1. The number of piperazine rings is 1. The van der Waals surface area contributed by atoms with Crippen LogP contribution in [0.15, 0.2) is 18.2 Å². The Bertz CT molecular complexity index is 742. The summed E-state index contributed by atoms with van der Waals surface area (Å²) in [6.07, 6.45) is 2.92. The summed E-state index contributed by atoms with van der Waals surface area (Å²) in [7, 11) is 0. The molecule has 2 aliphatic rings. The summed E-state index contributed by atoms with van der Waals surface area (Å²) in [4.78, 5) is 14.9. The van der Waals surface area contributed by atoms with Gasteiger partial charge in [0.1, 0.15) is 17.9 Å². The highest BCUT2D eigenvalue weighted by Crippen LogP contribution is 2.35. The van der Waals surface area contributed by atoms with Crippen molar-refractivity contribution < 1.29 is 14.6 Å². The molecule has 1 heterocycles. The van der Waals surface area contributed by atoms with Crippen LogP contribution in [0.1, 0.15) is 38.7 Å². The Labute approximate surface area is 166 Å². The molecule has 0 spiro atoms. The van der Waals surface area contributed by atoms with Gasteiger partial charge in [0.15, 0.2) is 0 Å². The molecule has 28 heavy (non-hydrogen) atoms. The Hall–Kier alpha value is -2.46. The van der Waals surface area contributed by atoms with Crippen molar-refractivity contribution in [1.29, 1.82) is 5.26 Å². The summed E-state index contributed by atoms with van der Waals surface area (Å²) in [5.41, 5.74) is 1.70. The predicted octanol–water partition coefficient (Wildman–Crippen LogP) is 3.17. The quantitative estimate of drug-likeness (QED) is 0.748. The van der Waals surface area contributed by atoms with E-state index in [2.05, 4.69) is 29.3 Å². The van der Waals surface area contributed by atoms with E-state index >= 15 is 0 Å². The molecule has 7 nitrogen and oxygen atoms in total. The lowest BCUT2D eigenvalue weighted by Crippen LogP contribution is -2.54. The third-order valence-electron chi connectivity index (χ3n) is 5.87. The van der Waals surface area contributed by atoms with Crippen LogP contribution >= 0.6 is 0 Å². The molecule has 3 rings (SSSR count). The maximum Gasteiger partial charge on any atom is 0.407 e. The summed E-state index contributed by atoms with van der Waals surface area (Å²) in [5, 5.41) is 22.0. The third-order valence-corrected chi connectivity index (χ3v) is 5.87. The zero-order valence-corrected chi connectivity index (χ0v) is 16.8. The van der Waals surface area contributed by atoms with E-state index in [0.717, 1.165) is 62.3 Å². The van der Waals surface area contributed by atoms with Gasteiger partial charge in [-0.15, -0.1) is 0 Å². The van der Waals surface area contributed by atoms with Crippen LogP contribution in [-0.4, -0.2) is 65.4 Å². The first-order chi connectivity index (χ1) is 13.5. The summed E-state index contributed by atoms with van der Waals surface area (Å²) in [6, 6.07) is 8.46. The summed E-state index contributed by atoms with van der Waals surface area (Å²) in [5.74, 6) is 0.880. The Morgan fingerprint density at radius 1 is 1.43 bits per heavy atom. The van der Waals surface area contributed by atoms with Crippen molar-refractivity contribution in [3.63, 3.8) is 0 Å². The average Bonchev–Trinajstić information content (AvgIpc) is 2.65. The molecule has 1 aliphatic heterocycles. The van der Waals surface area contributed by atoms with Gasteiger partial charge in [0.25, 0.3) is 0 Å². The highest BCUT2D eigenvalue weighted by Gasteiger charge is 2.37. The third kappa shape index (κ3) is 4.50. The average molecular weight is 386 g/mol. The lowest BCUT2D eigenvalue weighted by molar-refractivity contribution is 0.0680. The van der Waals surface area contributed by atoms with Crippen LogP contribution in [0, 0.1) is 11.3 Å². The molecule has 0 aromatic heterocycles. The molecule has 1 amide bonds. The van der Waals surface area contributed by atoms with Crippen LogP contribution in [0.25, 0.3) is 0 Å². The molecular weight excluding hydrogens is 356 g/mol. The molecule has 1 aromatic carbocycles. The van der Waals surface area contributed by atoms with Crippen LogP contribution in [0.4, 0.5) is 10.5 Å². The number of nitrogens with zero attached hydrogens (tertiary/aromatic N) is 3. The molecule has 152 valence electrons. The van der Waals surface area contributed by atoms with Gasteiger partial charge in [0.2, 0.25) is 0 Å². The lowest BCUT2D eigenvalue weighted by Gasteiger charge is -2.38. The second kappa shape index (κ2) is 8.70. The fourth-order valence-corrected chi connectivity index (χ4v) is 3.95. The van der Waals surface area contributed by atoms with Crippen molar-refractivity contribution in [2.75, 3.05) is 38.1 Å². The molecule has 2 N–H and O–H groups in total. The maximum absolute atomic E-state index is 11.2. The van der Waals surface area contributed by atoms with Crippen LogP contribution in [0.5, 0.6) is 5.75 Å². The van der Waals surface area contributed by atoms with E-state index in [9.17, 15) is 10.1 Å². The molecule has 1 saturated carbocycles. The van der Waals surface area contributed by atoms with E-state index in [1.54, 1.807) is 0 Å². The fraction of sp³-hybridized carbons (Fsp3) is 0.619. The van der Waals surface area contributed by atoms with Crippen LogP contribution in [0.3, 0.4) is 0 Å². The normalized spacial score (nSPS) is 21.5. The van der Waals surface area contributed by atoms with Crippen LogP contribution in [0.2, 0.25) is 0 Å². The first kappa shape index (κ1) is 20.3. The number of ether oxygens (including phenoxy) is 1. The predicted molar refractivity (Wildman–Crippen MR) is 108 cm³/mol. The minimum atomic E-state index is -0.843. The summed E-state index contributed by atoms with van der Waals surface area (Å²) in [6.45, 7) is 7.40. The number of nitrogens with one attached hydrogen (secondary N) is 1. The van der Waals surface area contributed by atoms with Crippen molar-refractivity contribution in [3.05, 3.63) is 23.8 Å². The molecule has 0 bridgehead atoms. The minimum absolute atomic E-state index is 0.00164. The zero-order valence-electron chi connectivity index (χ0n) is 16.8. The number of carbonyl (C=O) groups is 1. The van der Waals surface area contributed by atoms with Crippen LogP contribution in [-0.2, 0) is 6.42 Å². The van der Waals surface area contributed by atoms with E-state index in [4.69, 9.17) is 9.84 Å². The summed E-state index contributed by atoms with van der Waals surface area (Å²) >= 11 is 0. The van der Waals surface area contributed by atoms with E-state index in [0.29, 0.717) is 13.2 Å². The molecule has 7 heteroatoms. The molecular formula is C21H30N4O3. The van der Waals surface area contributed by atoms with E-state index < -0.39 is 11.6 Å². The second-order valence-corrected chi connectivity index (χ2v) is 7.82. The number of nitriles is 1. The number of anilines is 1. The maximum atomic E-state index is 11.2. The smallest absolute Gasteiger partial charge is 0.407 e. The molecule has 1 atom stereocenters. The fourth-order valence-electron chi connectivity index (χ4n) is 3.95. The number of rotatable bonds is 7. The van der Waals surface area contributed by atoms with Gasteiger partial charge >= 0.3 is 6.09 Å². The lowest BCUT2D eigenvalue weighted by atomic mass is 9.78. The SMILES string of the molecule is CCc1cc(NC2(C#N)CCC2)ccc1OCCN1CCN(C(=O)O)[C@@H](C)C1. The highest BCUT2D eigenvalue weighted by atomic mass is 16.5. The standard InChI is InChI=1S/C21H30N4O3/c1-3-17-13-18(23-21(15-22)7-4-8-21)5-6-19(17)28-12-11-24-9-10-25(20(26)27)16(2)14-24/h5-6,13,16,23H,3-4,7-12,14H2,1-2H3,(H,26,27)/t16-/m0/s1. The number of amides is 1. The minimum Gasteiger partial charge on any atom is -0.492 e. The van der Waals surface area contributed by atoms with Gasteiger partial charge in [-0.1, -0.05) is 6.92 Å². The van der Waals surface area contributed by atoms with Crippen molar-refractivity contribution in [2.24, 2.45) is 0 Å². The molecule has 1 aliphatic carbocycles. The van der Waals surface area contributed by atoms with Crippen molar-refractivity contribution in [2.45, 2.75) is 51.1 Å². The van der Waals surface area contributed by atoms with Gasteiger partial charge in [-0.3, -0.25) is 4.90 Å². The molecule has 1 saturated heterocycles. The molecule has 2 fully saturated rings. The number of carboxylic acid groups (broad SMARTS) is 1. The monoisotopic (exact) mass is 386 g/mol. The molecule has 0 radical (unpaired) electrons. The van der Waals surface area contributed by atoms with Crippen LogP contribution < -0.4 is 10.1 Å². The Morgan fingerprint density at radius 2 is 2.21 bits per heavy atom. The number of hydrogen-bond acceptors (Lipinski definition) is 5. The van der Waals surface area contributed by atoms with Crippen molar-refractivity contribution >= 4 is 11.8 Å². The van der Waals surface area contributed by atoms with Gasteiger partial charge in [0.05, 0.1) is 6.07 Å². The number of benzene rings is 1. The van der Waals surface area contributed by atoms with E-state index in [-0.39, 0.29) is 6.04 Å². The van der Waals surface area contributed by atoms with E-state index in [1.807, 2.05) is 19.1 Å². The first-order valence-electron chi connectivity index (χ1n) is 10.1. The first-order valence-corrected chi connectivity index (χ1v) is 10.1. The second-order valence-electron chi connectivity index (χ2n) is 7.82. The van der Waals surface area contributed by atoms with Crippen molar-refractivity contribution in [1.82, 2.24) is 9.80 Å². The largest absolute Gasteiger partial charge is 0.492 e.